The van der Waals surface area contributed by atoms with Crippen LogP contribution in [0, 0.1) is 18.3 Å². The van der Waals surface area contributed by atoms with Crippen molar-refractivity contribution in [1.29, 1.82) is 5.26 Å². The largest absolute Gasteiger partial charge is 0.478 e. The molecular weight excluding hydrogens is 368 g/mol. The van der Waals surface area contributed by atoms with Crippen LogP contribution in [-0.2, 0) is 0 Å². The van der Waals surface area contributed by atoms with Gasteiger partial charge in [0, 0.05) is 17.3 Å². The van der Waals surface area contributed by atoms with Crippen LogP contribution in [0.4, 0.5) is 0 Å². The molecule has 7 nitrogen and oxygen atoms in total. The summed E-state index contributed by atoms with van der Waals surface area (Å²) in [7, 11) is 1.46. The van der Waals surface area contributed by atoms with Gasteiger partial charge in [-0.3, -0.25) is 4.40 Å². The minimum Gasteiger partial charge on any atom is -0.478 e. The van der Waals surface area contributed by atoms with Gasteiger partial charge in [-0.2, -0.15) is 5.26 Å². The van der Waals surface area contributed by atoms with Crippen LogP contribution in [-0.4, -0.2) is 32.6 Å². The monoisotopic (exact) mass is 384 g/mol. The molecule has 0 bridgehead atoms. The Bertz CT molecular complexity index is 1270. The second-order valence-electron chi connectivity index (χ2n) is 6.50. The molecule has 1 N–H and O–H groups in total. The number of aryl methyl sites for hydroxylation is 1. The fraction of sp³-hybridized carbons (Fsp3) is 0.0909. The molecular formula is C22H16N4O3. The van der Waals surface area contributed by atoms with E-state index in [-0.39, 0.29) is 11.6 Å². The molecule has 4 aromatic rings. The van der Waals surface area contributed by atoms with E-state index in [0.29, 0.717) is 22.6 Å². The number of carboxylic acid groups (broad SMARTS) is 1. The van der Waals surface area contributed by atoms with Crippen LogP contribution >= 0.6 is 0 Å². The third-order valence-electron chi connectivity index (χ3n) is 4.60. The number of rotatable bonds is 4. The number of hydrogen-bond acceptors (Lipinski definition) is 5. The van der Waals surface area contributed by atoms with E-state index in [1.54, 1.807) is 28.7 Å². The highest BCUT2D eigenvalue weighted by Gasteiger charge is 2.21. The quantitative estimate of drug-likeness (QED) is 0.572. The first-order valence-electron chi connectivity index (χ1n) is 8.79. The van der Waals surface area contributed by atoms with E-state index < -0.39 is 5.97 Å². The number of hydrogen-bond donors (Lipinski definition) is 1. The number of benzene rings is 2. The van der Waals surface area contributed by atoms with Crippen molar-refractivity contribution in [2.45, 2.75) is 6.92 Å². The summed E-state index contributed by atoms with van der Waals surface area (Å²) >= 11 is 0. The number of carbonyl (C=O) groups is 1. The lowest BCUT2D eigenvalue weighted by Gasteiger charge is -2.14. The lowest BCUT2D eigenvalue weighted by atomic mass is 10.0. The topological polar surface area (TPSA) is 101 Å². The molecule has 2 aromatic carbocycles. The number of nitriles is 1. The molecule has 0 radical (unpaired) electrons. The van der Waals surface area contributed by atoms with E-state index in [1.165, 1.54) is 13.3 Å². The number of ether oxygens (including phenoxy) is 1. The summed E-state index contributed by atoms with van der Waals surface area (Å²) in [5.74, 6) is -0.918. The zero-order chi connectivity index (χ0) is 20.5. The summed E-state index contributed by atoms with van der Waals surface area (Å²) in [6, 6.07) is 17.0. The Hall–Kier alpha value is -4.18. The van der Waals surface area contributed by atoms with Gasteiger partial charge in [0.25, 0.3) is 5.88 Å². The van der Waals surface area contributed by atoms with Gasteiger partial charge < -0.3 is 9.84 Å². The van der Waals surface area contributed by atoms with Gasteiger partial charge in [0.15, 0.2) is 5.69 Å². The highest BCUT2D eigenvalue weighted by molar-refractivity contribution is 5.88. The molecule has 4 rings (SSSR count). The standard InChI is InChI=1S/C22H16N4O3/c1-13-3-7-16(8-4-13)19-18(15-9-5-14(11-23)6-10-15)25-21(29-2)20-24-17(22(27)28)12-26(19)20/h3-10,12H,1-2H3,(H,27,28). The third kappa shape index (κ3) is 3.17. The van der Waals surface area contributed by atoms with E-state index in [0.717, 1.165) is 16.7 Å². The minimum absolute atomic E-state index is 0.101. The summed E-state index contributed by atoms with van der Waals surface area (Å²) in [4.78, 5) is 20.3. The minimum atomic E-state index is -1.13. The molecule has 142 valence electrons. The number of imidazole rings is 1. The summed E-state index contributed by atoms with van der Waals surface area (Å²) < 4.78 is 7.09. The Labute approximate surface area is 166 Å². The van der Waals surface area contributed by atoms with Crippen LogP contribution in [0.2, 0.25) is 0 Å². The fourth-order valence-electron chi connectivity index (χ4n) is 3.15. The van der Waals surface area contributed by atoms with Gasteiger partial charge in [0.2, 0.25) is 5.65 Å². The fourth-order valence-corrected chi connectivity index (χ4v) is 3.15. The lowest BCUT2D eigenvalue weighted by molar-refractivity contribution is 0.0691. The average Bonchev–Trinajstić information content (AvgIpc) is 3.19. The SMILES string of the molecule is COc1nc(-c2ccc(C#N)cc2)c(-c2ccc(C)cc2)n2cc(C(=O)O)nc12. The van der Waals surface area contributed by atoms with E-state index in [1.807, 2.05) is 31.2 Å². The molecule has 0 aliphatic rings. The lowest BCUT2D eigenvalue weighted by Crippen LogP contribution is -2.02. The van der Waals surface area contributed by atoms with Crippen molar-refractivity contribution in [3.63, 3.8) is 0 Å². The van der Waals surface area contributed by atoms with Crippen molar-refractivity contribution in [2.75, 3.05) is 7.11 Å². The van der Waals surface area contributed by atoms with Gasteiger partial charge in [0.1, 0.15) is 0 Å². The maximum absolute atomic E-state index is 11.5. The van der Waals surface area contributed by atoms with Crippen LogP contribution in [0.5, 0.6) is 5.88 Å². The average molecular weight is 384 g/mol. The molecule has 0 aliphatic heterocycles. The van der Waals surface area contributed by atoms with Gasteiger partial charge in [0.05, 0.1) is 30.1 Å². The number of nitrogens with zero attached hydrogens (tertiary/aromatic N) is 4. The molecule has 0 saturated heterocycles. The molecule has 0 unspecified atom stereocenters. The Morgan fingerprint density at radius 2 is 1.72 bits per heavy atom. The molecule has 2 heterocycles. The van der Waals surface area contributed by atoms with Gasteiger partial charge in [-0.05, 0) is 19.1 Å². The smallest absolute Gasteiger partial charge is 0.356 e. The van der Waals surface area contributed by atoms with Crippen molar-refractivity contribution in [3.05, 3.63) is 71.5 Å². The van der Waals surface area contributed by atoms with Crippen molar-refractivity contribution < 1.29 is 14.6 Å². The van der Waals surface area contributed by atoms with Crippen molar-refractivity contribution in [2.24, 2.45) is 0 Å². The molecule has 0 amide bonds. The Kier molecular flexibility index (Phi) is 4.45. The predicted octanol–water partition coefficient (Wildman–Crippen LogP) is 3.95. The summed E-state index contributed by atoms with van der Waals surface area (Å²) in [6.07, 6.45) is 1.46. The summed E-state index contributed by atoms with van der Waals surface area (Å²) in [5, 5.41) is 18.5. The first kappa shape index (κ1) is 18.2. The Balaban J connectivity index is 2.09. The Morgan fingerprint density at radius 3 is 2.31 bits per heavy atom. The molecule has 2 aromatic heterocycles. The third-order valence-corrected chi connectivity index (χ3v) is 4.60. The van der Waals surface area contributed by atoms with Crippen LogP contribution < -0.4 is 4.74 Å². The molecule has 0 fully saturated rings. The molecule has 0 aliphatic carbocycles. The van der Waals surface area contributed by atoms with E-state index in [9.17, 15) is 9.90 Å². The number of aromatic nitrogens is 3. The molecule has 7 heteroatoms. The number of carboxylic acids is 1. The second-order valence-corrected chi connectivity index (χ2v) is 6.50. The van der Waals surface area contributed by atoms with E-state index >= 15 is 0 Å². The van der Waals surface area contributed by atoms with Gasteiger partial charge in [-0.15, -0.1) is 0 Å². The maximum atomic E-state index is 11.5. The molecule has 0 atom stereocenters. The number of fused-ring (bicyclic) bond motifs is 1. The normalized spacial score (nSPS) is 10.7. The predicted molar refractivity (Wildman–Crippen MR) is 107 cm³/mol. The van der Waals surface area contributed by atoms with E-state index in [4.69, 9.17) is 10.00 Å². The van der Waals surface area contributed by atoms with Crippen molar-refractivity contribution in [3.8, 4) is 34.5 Å². The van der Waals surface area contributed by atoms with Gasteiger partial charge >= 0.3 is 5.97 Å². The zero-order valence-electron chi connectivity index (χ0n) is 15.7. The Morgan fingerprint density at radius 1 is 1.07 bits per heavy atom. The maximum Gasteiger partial charge on any atom is 0.356 e. The van der Waals surface area contributed by atoms with Crippen LogP contribution in [0.15, 0.2) is 54.7 Å². The van der Waals surface area contributed by atoms with Gasteiger partial charge in [-0.1, -0.05) is 42.0 Å². The first-order valence-corrected chi connectivity index (χ1v) is 8.79. The van der Waals surface area contributed by atoms with Crippen molar-refractivity contribution >= 4 is 11.6 Å². The van der Waals surface area contributed by atoms with Crippen molar-refractivity contribution in [1.82, 2.24) is 14.4 Å². The summed E-state index contributed by atoms with van der Waals surface area (Å²) in [5.41, 5.74) is 4.75. The zero-order valence-corrected chi connectivity index (χ0v) is 15.7. The highest BCUT2D eigenvalue weighted by Crippen LogP contribution is 2.35. The molecule has 0 spiro atoms. The molecule has 0 saturated carbocycles. The second kappa shape index (κ2) is 7.09. The van der Waals surface area contributed by atoms with Crippen LogP contribution in [0.1, 0.15) is 21.6 Å². The molecule has 29 heavy (non-hydrogen) atoms. The number of aromatic carboxylic acids is 1. The first-order chi connectivity index (χ1) is 14.0. The van der Waals surface area contributed by atoms with Crippen LogP contribution in [0.25, 0.3) is 28.2 Å². The summed E-state index contributed by atoms with van der Waals surface area (Å²) in [6.45, 7) is 1.99. The van der Waals surface area contributed by atoms with Crippen LogP contribution in [0.3, 0.4) is 0 Å². The highest BCUT2D eigenvalue weighted by atomic mass is 16.5. The van der Waals surface area contributed by atoms with Gasteiger partial charge in [-0.25, -0.2) is 14.8 Å². The van der Waals surface area contributed by atoms with E-state index in [2.05, 4.69) is 16.0 Å². The number of methoxy groups -OCH3 is 1.